The fourth-order valence-corrected chi connectivity index (χ4v) is 3.21. The van der Waals surface area contributed by atoms with Crippen LogP contribution < -0.4 is 11.1 Å². The molecule has 2 heterocycles. The van der Waals surface area contributed by atoms with Crippen molar-refractivity contribution in [3.05, 3.63) is 18.0 Å². The third kappa shape index (κ3) is 3.62. The third-order valence-corrected chi connectivity index (χ3v) is 5.31. The molecule has 1 aromatic rings. The lowest BCUT2D eigenvalue weighted by Gasteiger charge is -2.40. The zero-order chi connectivity index (χ0) is 19.8. The fraction of sp³-hybridized carbons (Fsp3) is 0.500. The molecule has 1 aromatic heterocycles. The van der Waals surface area contributed by atoms with E-state index in [4.69, 9.17) is 11.1 Å². The highest BCUT2D eigenvalue weighted by Crippen LogP contribution is 2.47. The third-order valence-electron chi connectivity index (χ3n) is 5.31. The smallest absolute Gasteiger partial charge is 0.314 e. The fourth-order valence-electron chi connectivity index (χ4n) is 3.21. The van der Waals surface area contributed by atoms with E-state index < -0.39 is 11.8 Å². The Bertz CT molecular complexity index is 804. The molecule has 144 valence electrons. The first kappa shape index (κ1) is 18.8. The first-order valence-electron chi connectivity index (χ1n) is 8.92. The predicted molar refractivity (Wildman–Crippen MR) is 100 cm³/mol. The summed E-state index contributed by atoms with van der Waals surface area (Å²) in [6.07, 6.45) is 5.58. The van der Waals surface area contributed by atoms with Gasteiger partial charge in [-0.25, -0.2) is 0 Å². The Labute approximate surface area is 157 Å². The normalized spacial score (nSPS) is 20.7. The maximum absolute atomic E-state index is 12.5. The Kier molecular flexibility index (Phi) is 4.86. The molecule has 1 atom stereocenters. The van der Waals surface area contributed by atoms with Gasteiger partial charge in [0.2, 0.25) is 5.91 Å². The average Bonchev–Trinajstić information content (AvgIpc) is 3.41. The van der Waals surface area contributed by atoms with Crippen LogP contribution in [0.5, 0.6) is 0 Å². The van der Waals surface area contributed by atoms with Crippen molar-refractivity contribution in [1.29, 1.82) is 5.41 Å². The molecule has 0 radical (unpaired) electrons. The van der Waals surface area contributed by atoms with Crippen molar-refractivity contribution < 1.29 is 14.4 Å². The first-order chi connectivity index (χ1) is 12.8. The average molecular weight is 372 g/mol. The van der Waals surface area contributed by atoms with Gasteiger partial charge in [0.15, 0.2) is 0 Å². The van der Waals surface area contributed by atoms with Crippen molar-refractivity contribution in [2.75, 3.05) is 30.7 Å². The van der Waals surface area contributed by atoms with E-state index >= 15 is 0 Å². The largest absolute Gasteiger partial charge is 0.396 e. The zero-order valence-corrected chi connectivity index (χ0v) is 15.5. The molecule has 1 unspecified atom stereocenters. The van der Waals surface area contributed by atoms with Gasteiger partial charge in [-0.2, -0.15) is 0 Å². The number of hydrogen-bond donors (Lipinski definition) is 3. The quantitative estimate of drug-likeness (QED) is 0.524. The number of aromatic nitrogens is 1. The predicted octanol–water partition coefficient (Wildman–Crippen LogP) is 0.459. The monoisotopic (exact) mass is 372 g/mol. The number of nitrogen functional groups attached to an aromatic ring is 1. The second kappa shape index (κ2) is 6.98. The highest BCUT2D eigenvalue weighted by molar-refractivity contribution is 6.39. The Morgan fingerprint density at radius 3 is 2.63 bits per heavy atom. The van der Waals surface area contributed by atoms with Gasteiger partial charge < -0.3 is 26.3 Å². The number of hydrogen-bond acceptors (Lipinski definition) is 6. The SMILES string of the molecule is CC1CN(C(=O)C(=O)Nc2cncc(C=N)c2N)CCN1C(=O)C1(C)CC1. The summed E-state index contributed by atoms with van der Waals surface area (Å²) in [5.41, 5.74) is 6.35. The Hall–Kier alpha value is -2.97. The summed E-state index contributed by atoms with van der Waals surface area (Å²) in [6, 6.07) is -0.145. The molecule has 1 saturated carbocycles. The van der Waals surface area contributed by atoms with E-state index in [-0.39, 0.29) is 28.7 Å². The minimum Gasteiger partial charge on any atom is -0.396 e. The summed E-state index contributed by atoms with van der Waals surface area (Å²) < 4.78 is 0. The minimum atomic E-state index is -0.813. The number of rotatable bonds is 3. The lowest BCUT2D eigenvalue weighted by molar-refractivity contribution is -0.149. The lowest BCUT2D eigenvalue weighted by Crippen LogP contribution is -2.58. The molecule has 0 spiro atoms. The van der Waals surface area contributed by atoms with Gasteiger partial charge in [0.25, 0.3) is 0 Å². The van der Waals surface area contributed by atoms with Gasteiger partial charge in [0, 0.05) is 49.1 Å². The molecule has 9 heteroatoms. The molecule has 3 rings (SSSR count). The van der Waals surface area contributed by atoms with Gasteiger partial charge in [-0.3, -0.25) is 19.4 Å². The maximum Gasteiger partial charge on any atom is 0.314 e. The summed E-state index contributed by atoms with van der Waals surface area (Å²) in [5, 5.41) is 9.73. The van der Waals surface area contributed by atoms with Crippen molar-refractivity contribution in [3.63, 3.8) is 0 Å². The van der Waals surface area contributed by atoms with E-state index in [1.807, 2.05) is 18.7 Å². The number of nitrogens with two attached hydrogens (primary N) is 1. The molecule has 1 saturated heterocycles. The van der Waals surface area contributed by atoms with Crippen LogP contribution in [0.4, 0.5) is 11.4 Å². The Balaban J connectivity index is 1.62. The number of carbonyl (C=O) groups excluding carboxylic acids is 3. The van der Waals surface area contributed by atoms with Crippen molar-refractivity contribution in [2.24, 2.45) is 5.41 Å². The molecule has 3 amide bonds. The number of piperazine rings is 1. The van der Waals surface area contributed by atoms with Crippen LogP contribution in [0, 0.1) is 10.8 Å². The van der Waals surface area contributed by atoms with E-state index in [1.165, 1.54) is 17.3 Å². The summed E-state index contributed by atoms with van der Waals surface area (Å²) in [7, 11) is 0. The van der Waals surface area contributed by atoms with Gasteiger partial charge in [0.1, 0.15) is 0 Å². The van der Waals surface area contributed by atoms with E-state index in [0.29, 0.717) is 25.2 Å². The lowest BCUT2D eigenvalue weighted by atomic mass is 10.1. The Morgan fingerprint density at radius 2 is 2.04 bits per heavy atom. The van der Waals surface area contributed by atoms with E-state index in [0.717, 1.165) is 19.1 Å². The van der Waals surface area contributed by atoms with Crippen LogP contribution >= 0.6 is 0 Å². The maximum atomic E-state index is 12.5. The van der Waals surface area contributed by atoms with Gasteiger partial charge in [0.05, 0.1) is 17.6 Å². The number of pyridine rings is 1. The molecule has 27 heavy (non-hydrogen) atoms. The molecule has 2 fully saturated rings. The Morgan fingerprint density at radius 1 is 1.33 bits per heavy atom. The van der Waals surface area contributed by atoms with Gasteiger partial charge in [-0.1, -0.05) is 6.92 Å². The van der Waals surface area contributed by atoms with E-state index in [9.17, 15) is 14.4 Å². The van der Waals surface area contributed by atoms with Gasteiger partial charge in [-0.15, -0.1) is 0 Å². The molecular weight excluding hydrogens is 348 g/mol. The van der Waals surface area contributed by atoms with Crippen LogP contribution in [0.3, 0.4) is 0 Å². The zero-order valence-electron chi connectivity index (χ0n) is 15.5. The molecular formula is C18H24N6O3. The summed E-state index contributed by atoms with van der Waals surface area (Å²) in [5.74, 6) is -1.35. The second-order valence-electron chi connectivity index (χ2n) is 7.45. The minimum absolute atomic E-state index is 0.133. The molecule has 0 aromatic carbocycles. The first-order valence-corrected chi connectivity index (χ1v) is 8.92. The summed E-state index contributed by atoms with van der Waals surface area (Å²) in [4.78, 5) is 44.5. The highest BCUT2D eigenvalue weighted by atomic mass is 16.2. The molecule has 4 N–H and O–H groups in total. The molecule has 0 bridgehead atoms. The van der Waals surface area contributed by atoms with Gasteiger partial charge in [-0.05, 0) is 19.8 Å². The number of amides is 3. The van der Waals surface area contributed by atoms with Crippen LogP contribution in [0.1, 0.15) is 32.3 Å². The van der Waals surface area contributed by atoms with Crippen LogP contribution in [0.25, 0.3) is 0 Å². The van der Waals surface area contributed by atoms with Crippen molar-refractivity contribution in [2.45, 2.75) is 32.7 Å². The number of nitrogens with zero attached hydrogens (tertiary/aromatic N) is 3. The van der Waals surface area contributed by atoms with E-state index in [1.54, 1.807) is 0 Å². The standard InChI is InChI=1S/C18H24N6O3/c1-11-10-23(5-6-24(11)17(27)18(2)3-4-18)16(26)15(25)22-13-9-21-8-12(7-19)14(13)20/h7-9,11,19H,3-6,10H2,1-2H3,(H2,20,21)(H,22,25). The van der Waals surface area contributed by atoms with Crippen molar-refractivity contribution in [3.8, 4) is 0 Å². The van der Waals surface area contributed by atoms with Crippen molar-refractivity contribution >= 4 is 35.3 Å². The van der Waals surface area contributed by atoms with Crippen LogP contribution in [0.15, 0.2) is 12.4 Å². The van der Waals surface area contributed by atoms with E-state index in [2.05, 4.69) is 10.3 Å². The molecule has 9 nitrogen and oxygen atoms in total. The number of carbonyl (C=O) groups is 3. The molecule has 1 aliphatic heterocycles. The van der Waals surface area contributed by atoms with Crippen LogP contribution in [0.2, 0.25) is 0 Å². The van der Waals surface area contributed by atoms with Crippen LogP contribution in [-0.2, 0) is 14.4 Å². The summed E-state index contributed by atoms with van der Waals surface area (Å²) in [6.45, 7) is 4.89. The number of nitrogens with one attached hydrogen (secondary N) is 2. The van der Waals surface area contributed by atoms with Crippen LogP contribution in [-0.4, -0.2) is 64.4 Å². The highest BCUT2D eigenvalue weighted by Gasteiger charge is 2.48. The number of anilines is 2. The van der Waals surface area contributed by atoms with Crippen molar-refractivity contribution in [1.82, 2.24) is 14.8 Å². The molecule has 1 aliphatic carbocycles. The molecule has 2 aliphatic rings. The second-order valence-corrected chi connectivity index (χ2v) is 7.45. The van der Waals surface area contributed by atoms with Gasteiger partial charge >= 0.3 is 11.8 Å². The topological polar surface area (TPSA) is 132 Å². The summed E-state index contributed by atoms with van der Waals surface area (Å²) >= 11 is 0.